The summed E-state index contributed by atoms with van der Waals surface area (Å²) in [6, 6.07) is 10.5. The van der Waals surface area contributed by atoms with Gasteiger partial charge in [0, 0.05) is 15.7 Å². The number of aliphatic hydroxyl groups excluding tert-OH is 1. The largest absolute Gasteiger partial charge is 0.392 e. The number of anilines is 1. The van der Waals surface area contributed by atoms with Crippen LogP contribution in [0, 0.1) is 6.92 Å². The van der Waals surface area contributed by atoms with E-state index >= 15 is 0 Å². The highest BCUT2D eigenvalue weighted by atomic mass is 35.5. The summed E-state index contributed by atoms with van der Waals surface area (Å²) in [6.07, 6.45) is 0.165. The highest BCUT2D eigenvalue weighted by molar-refractivity contribution is 6.35. The van der Waals surface area contributed by atoms with Gasteiger partial charge in [0.1, 0.15) is 0 Å². The fourth-order valence-corrected chi connectivity index (χ4v) is 2.41. The lowest BCUT2D eigenvalue weighted by atomic mass is 10.1. The first-order valence-corrected chi connectivity index (χ1v) is 7.19. The zero-order chi connectivity index (χ0) is 15.4. The SMILES string of the molecule is Cc1ccc(CO)cc1NC(=O)Cc1ccc(Cl)cc1Cl. The summed E-state index contributed by atoms with van der Waals surface area (Å²) < 4.78 is 0. The fourth-order valence-electron chi connectivity index (χ4n) is 1.93. The van der Waals surface area contributed by atoms with E-state index in [1.165, 1.54) is 0 Å². The predicted octanol–water partition coefficient (Wildman–Crippen LogP) is 3.98. The molecule has 0 aliphatic rings. The number of aliphatic hydroxyl groups is 1. The van der Waals surface area contributed by atoms with Gasteiger partial charge in [-0.25, -0.2) is 0 Å². The number of hydrogen-bond donors (Lipinski definition) is 2. The maximum absolute atomic E-state index is 12.1. The second-order valence-corrected chi connectivity index (χ2v) is 5.61. The molecule has 0 aromatic heterocycles. The molecule has 0 spiro atoms. The Morgan fingerprint density at radius 1 is 1.19 bits per heavy atom. The van der Waals surface area contributed by atoms with Crippen molar-refractivity contribution in [2.24, 2.45) is 0 Å². The first kappa shape index (κ1) is 15.8. The summed E-state index contributed by atoms with van der Waals surface area (Å²) in [4.78, 5) is 12.1. The van der Waals surface area contributed by atoms with Crippen LogP contribution in [0.4, 0.5) is 5.69 Å². The standard InChI is InChI=1S/C16H15Cl2NO2/c1-10-2-3-11(9-20)6-15(10)19-16(21)7-12-4-5-13(17)8-14(12)18/h2-6,8,20H,7,9H2,1H3,(H,19,21). The molecule has 3 nitrogen and oxygen atoms in total. The number of halogens is 2. The summed E-state index contributed by atoms with van der Waals surface area (Å²) >= 11 is 11.9. The maximum atomic E-state index is 12.1. The molecule has 0 radical (unpaired) electrons. The van der Waals surface area contributed by atoms with Gasteiger partial charge < -0.3 is 10.4 Å². The molecule has 0 aliphatic heterocycles. The monoisotopic (exact) mass is 323 g/mol. The number of amides is 1. The van der Waals surface area contributed by atoms with Gasteiger partial charge in [0.15, 0.2) is 0 Å². The zero-order valence-electron chi connectivity index (χ0n) is 11.5. The van der Waals surface area contributed by atoms with Crippen LogP contribution >= 0.6 is 23.2 Å². The molecule has 0 atom stereocenters. The van der Waals surface area contributed by atoms with E-state index < -0.39 is 0 Å². The molecule has 1 amide bonds. The van der Waals surface area contributed by atoms with Crippen LogP contribution in [0.1, 0.15) is 16.7 Å². The number of carbonyl (C=O) groups is 1. The molecule has 0 aliphatic carbocycles. The van der Waals surface area contributed by atoms with Crippen molar-refractivity contribution in [3.8, 4) is 0 Å². The molecule has 0 saturated heterocycles. The van der Waals surface area contributed by atoms with Gasteiger partial charge >= 0.3 is 0 Å². The average Bonchev–Trinajstić information content (AvgIpc) is 2.44. The first-order valence-electron chi connectivity index (χ1n) is 6.44. The van der Waals surface area contributed by atoms with Gasteiger partial charge in [-0.1, -0.05) is 41.4 Å². The van der Waals surface area contributed by atoms with Gasteiger partial charge in [-0.15, -0.1) is 0 Å². The number of rotatable bonds is 4. The van der Waals surface area contributed by atoms with E-state index in [0.717, 1.165) is 16.7 Å². The highest BCUT2D eigenvalue weighted by Crippen LogP contribution is 2.22. The molecule has 0 bridgehead atoms. The molecule has 2 aromatic rings. The van der Waals surface area contributed by atoms with Crippen molar-refractivity contribution in [3.05, 3.63) is 63.1 Å². The lowest BCUT2D eigenvalue weighted by molar-refractivity contribution is -0.115. The fraction of sp³-hybridized carbons (Fsp3) is 0.188. The molecule has 110 valence electrons. The minimum Gasteiger partial charge on any atom is -0.392 e. The zero-order valence-corrected chi connectivity index (χ0v) is 13.0. The van der Waals surface area contributed by atoms with Gasteiger partial charge in [0.05, 0.1) is 13.0 Å². The molecule has 0 fully saturated rings. The van der Waals surface area contributed by atoms with E-state index in [4.69, 9.17) is 28.3 Å². The first-order chi connectivity index (χ1) is 9.99. The van der Waals surface area contributed by atoms with E-state index in [1.54, 1.807) is 24.3 Å². The van der Waals surface area contributed by atoms with E-state index in [9.17, 15) is 4.79 Å². The number of benzene rings is 2. The molecule has 21 heavy (non-hydrogen) atoms. The van der Waals surface area contributed by atoms with Gasteiger partial charge in [-0.05, 0) is 41.8 Å². The third-order valence-electron chi connectivity index (χ3n) is 3.12. The molecule has 0 saturated carbocycles. The Kier molecular flexibility index (Phi) is 5.23. The molecule has 0 unspecified atom stereocenters. The molecule has 0 heterocycles. The Morgan fingerprint density at radius 2 is 1.95 bits per heavy atom. The lowest BCUT2D eigenvalue weighted by Gasteiger charge is -2.10. The smallest absolute Gasteiger partial charge is 0.228 e. The summed E-state index contributed by atoms with van der Waals surface area (Å²) in [7, 11) is 0. The summed E-state index contributed by atoms with van der Waals surface area (Å²) in [5.74, 6) is -0.169. The average molecular weight is 324 g/mol. The predicted molar refractivity (Wildman–Crippen MR) is 85.9 cm³/mol. The van der Waals surface area contributed by atoms with Crippen LogP contribution in [-0.4, -0.2) is 11.0 Å². The number of nitrogens with one attached hydrogen (secondary N) is 1. The van der Waals surface area contributed by atoms with Gasteiger partial charge in [-0.2, -0.15) is 0 Å². The molecule has 2 rings (SSSR count). The third-order valence-corrected chi connectivity index (χ3v) is 3.71. The van der Waals surface area contributed by atoms with Crippen LogP contribution in [-0.2, 0) is 17.8 Å². The van der Waals surface area contributed by atoms with Crippen LogP contribution in [0.25, 0.3) is 0 Å². The lowest BCUT2D eigenvalue weighted by Crippen LogP contribution is -2.15. The number of carbonyl (C=O) groups excluding carboxylic acids is 1. The van der Waals surface area contributed by atoms with Gasteiger partial charge in [0.2, 0.25) is 5.91 Å². The summed E-state index contributed by atoms with van der Waals surface area (Å²) in [5, 5.41) is 13.0. The molecular weight excluding hydrogens is 309 g/mol. The van der Waals surface area contributed by atoms with Gasteiger partial charge in [0.25, 0.3) is 0 Å². The van der Waals surface area contributed by atoms with Crippen molar-refractivity contribution < 1.29 is 9.90 Å². The number of aryl methyl sites for hydroxylation is 1. The van der Waals surface area contributed by atoms with Crippen LogP contribution in [0.15, 0.2) is 36.4 Å². The molecule has 2 aromatic carbocycles. The Labute approximate surface area is 133 Å². The van der Waals surface area contributed by atoms with Crippen molar-refractivity contribution in [1.29, 1.82) is 0 Å². The van der Waals surface area contributed by atoms with Crippen molar-refractivity contribution >= 4 is 34.8 Å². The van der Waals surface area contributed by atoms with Crippen LogP contribution < -0.4 is 5.32 Å². The van der Waals surface area contributed by atoms with Crippen LogP contribution in [0.5, 0.6) is 0 Å². The van der Waals surface area contributed by atoms with Gasteiger partial charge in [-0.3, -0.25) is 4.79 Å². The second kappa shape index (κ2) is 6.94. The molecule has 5 heteroatoms. The summed E-state index contributed by atoms with van der Waals surface area (Å²) in [5.41, 5.74) is 3.09. The Balaban J connectivity index is 2.11. The topological polar surface area (TPSA) is 49.3 Å². The highest BCUT2D eigenvalue weighted by Gasteiger charge is 2.09. The maximum Gasteiger partial charge on any atom is 0.228 e. The quantitative estimate of drug-likeness (QED) is 0.894. The second-order valence-electron chi connectivity index (χ2n) is 4.77. The van der Waals surface area contributed by atoms with E-state index in [2.05, 4.69) is 5.32 Å². The van der Waals surface area contributed by atoms with Crippen molar-refractivity contribution in [2.75, 3.05) is 5.32 Å². The van der Waals surface area contributed by atoms with E-state index in [0.29, 0.717) is 15.7 Å². The minimum absolute atomic E-state index is 0.0633. The Bertz CT molecular complexity index is 671. The molecular formula is C16H15Cl2NO2. The van der Waals surface area contributed by atoms with Crippen molar-refractivity contribution in [2.45, 2.75) is 20.0 Å². The van der Waals surface area contributed by atoms with E-state index in [1.807, 2.05) is 19.1 Å². The summed E-state index contributed by atoms with van der Waals surface area (Å²) in [6.45, 7) is 1.83. The molecule has 2 N–H and O–H groups in total. The normalized spacial score (nSPS) is 10.5. The number of hydrogen-bond acceptors (Lipinski definition) is 2. The van der Waals surface area contributed by atoms with Crippen LogP contribution in [0.3, 0.4) is 0 Å². The minimum atomic E-state index is -0.169. The Hall–Kier alpha value is -1.55. The van der Waals surface area contributed by atoms with Crippen molar-refractivity contribution in [1.82, 2.24) is 0 Å². The Morgan fingerprint density at radius 3 is 2.62 bits per heavy atom. The van der Waals surface area contributed by atoms with Crippen molar-refractivity contribution in [3.63, 3.8) is 0 Å². The van der Waals surface area contributed by atoms with E-state index in [-0.39, 0.29) is 18.9 Å². The van der Waals surface area contributed by atoms with Crippen LogP contribution in [0.2, 0.25) is 10.0 Å². The third kappa shape index (κ3) is 4.21.